The van der Waals surface area contributed by atoms with Gasteiger partial charge in [0.05, 0.1) is 11.4 Å². The molecule has 0 heterocycles. The lowest BCUT2D eigenvalue weighted by Gasteiger charge is -2.33. The lowest BCUT2D eigenvalue weighted by atomic mass is 10.2. The van der Waals surface area contributed by atoms with Crippen LogP contribution in [0.1, 0.15) is 13.8 Å². The molecule has 0 aliphatic rings. The number of para-hydroxylation sites is 2. The van der Waals surface area contributed by atoms with Crippen molar-refractivity contribution in [1.82, 2.24) is 0 Å². The van der Waals surface area contributed by atoms with Gasteiger partial charge in [-0.05, 0) is 26.0 Å². The van der Waals surface area contributed by atoms with E-state index in [9.17, 15) is 0 Å². The first-order valence-electron chi connectivity index (χ1n) is 6.13. The van der Waals surface area contributed by atoms with Gasteiger partial charge in [0.25, 0.3) is 0 Å². The van der Waals surface area contributed by atoms with Gasteiger partial charge in [-0.25, -0.2) is 0 Å². The van der Waals surface area contributed by atoms with Crippen molar-refractivity contribution in [3.8, 4) is 0 Å². The second kappa shape index (κ2) is 6.61. The quantitative estimate of drug-likeness (QED) is 0.726. The molecule has 1 aromatic rings. The van der Waals surface area contributed by atoms with Crippen molar-refractivity contribution in [2.75, 3.05) is 38.1 Å². The maximum atomic E-state index is 5.36. The zero-order valence-electron chi connectivity index (χ0n) is 12.2. The fraction of sp³-hybridized carbons (Fsp3) is 0.571. The lowest BCUT2D eigenvalue weighted by molar-refractivity contribution is 0.116. The highest BCUT2D eigenvalue weighted by Crippen LogP contribution is 2.30. The fourth-order valence-corrected chi connectivity index (χ4v) is 1.77. The summed E-state index contributed by atoms with van der Waals surface area (Å²) in [7, 11) is 7.48. The molecular formula is C14H24N2O2. The molecule has 0 fully saturated rings. The molecule has 0 aliphatic heterocycles. The molecule has 0 amide bonds. The van der Waals surface area contributed by atoms with Crippen LogP contribution in [0.15, 0.2) is 24.3 Å². The van der Waals surface area contributed by atoms with E-state index in [1.165, 1.54) is 0 Å². The fourth-order valence-electron chi connectivity index (χ4n) is 1.77. The Balaban J connectivity index is 3.06. The molecule has 2 unspecified atom stereocenters. The summed E-state index contributed by atoms with van der Waals surface area (Å²) in [4.78, 5) is 4.21. The van der Waals surface area contributed by atoms with Gasteiger partial charge in [-0.1, -0.05) is 12.1 Å². The van der Waals surface area contributed by atoms with Crippen molar-refractivity contribution in [3.63, 3.8) is 0 Å². The van der Waals surface area contributed by atoms with Gasteiger partial charge in [0.15, 0.2) is 0 Å². The minimum atomic E-state index is 0.0254. The Kier molecular flexibility index (Phi) is 5.44. The Labute approximate surface area is 110 Å². The molecular weight excluding hydrogens is 228 g/mol. The Bertz CT molecular complexity index is 336. The molecule has 4 heteroatoms. The van der Waals surface area contributed by atoms with E-state index < -0.39 is 0 Å². The van der Waals surface area contributed by atoms with Gasteiger partial charge in [0, 0.05) is 28.3 Å². The largest absolute Gasteiger partial charge is 0.362 e. The molecule has 0 N–H and O–H groups in total. The van der Waals surface area contributed by atoms with Crippen LogP contribution in [0.25, 0.3) is 0 Å². The van der Waals surface area contributed by atoms with Crippen LogP contribution >= 0.6 is 0 Å². The minimum absolute atomic E-state index is 0.0254. The lowest BCUT2D eigenvalue weighted by Crippen LogP contribution is -2.35. The van der Waals surface area contributed by atoms with E-state index in [0.29, 0.717) is 0 Å². The Morgan fingerprint density at radius 2 is 1.17 bits per heavy atom. The van der Waals surface area contributed by atoms with E-state index in [1.807, 2.05) is 40.1 Å². The third kappa shape index (κ3) is 3.15. The summed E-state index contributed by atoms with van der Waals surface area (Å²) in [6.07, 6.45) is 0.0507. The van der Waals surface area contributed by atoms with Gasteiger partial charge in [-0.3, -0.25) is 0 Å². The highest BCUT2D eigenvalue weighted by Gasteiger charge is 2.17. The third-order valence-electron chi connectivity index (χ3n) is 3.41. The summed E-state index contributed by atoms with van der Waals surface area (Å²) in [5.74, 6) is 0. The van der Waals surface area contributed by atoms with Crippen molar-refractivity contribution in [2.45, 2.75) is 26.3 Å². The first kappa shape index (κ1) is 14.8. The molecule has 0 radical (unpaired) electrons. The molecule has 0 saturated carbocycles. The van der Waals surface area contributed by atoms with Gasteiger partial charge in [-0.2, -0.15) is 0 Å². The summed E-state index contributed by atoms with van der Waals surface area (Å²) in [6, 6.07) is 8.24. The maximum Gasteiger partial charge on any atom is 0.126 e. The zero-order chi connectivity index (χ0) is 13.7. The number of rotatable bonds is 6. The molecule has 1 rings (SSSR count). The number of methoxy groups -OCH3 is 2. The molecule has 102 valence electrons. The van der Waals surface area contributed by atoms with E-state index in [-0.39, 0.29) is 12.5 Å². The van der Waals surface area contributed by atoms with Crippen LogP contribution in [0.2, 0.25) is 0 Å². The highest BCUT2D eigenvalue weighted by molar-refractivity contribution is 5.71. The predicted molar refractivity (Wildman–Crippen MR) is 76.2 cm³/mol. The Morgan fingerprint density at radius 3 is 1.44 bits per heavy atom. The van der Waals surface area contributed by atoms with E-state index >= 15 is 0 Å². The second-order valence-corrected chi connectivity index (χ2v) is 4.38. The molecule has 0 saturated heterocycles. The average molecular weight is 252 g/mol. The molecule has 0 spiro atoms. The summed E-state index contributed by atoms with van der Waals surface area (Å²) >= 11 is 0. The summed E-state index contributed by atoms with van der Waals surface area (Å²) in [5, 5.41) is 0. The van der Waals surface area contributed by atoms with Gasteiger partial charge in [0.2, 0.25) is 0 Å². The molecule has 0 aliphatic carbocycles. The van der Waals surface area contributed by atoms with Gasteiger partial charge in [-0.15, -0.1) is 0 Å². The highest BCUT2D eigenvalue weighted by atomic mass is 16.5. The molecule has 18 heavy (non-hydrogen) atoms. The monoisotopic (exact) mass is 252 g/mol. The van der Waals surface area contributed by atoms with Crippen molar-refractivity contribution >= 4 is 11.4 Å². The number of nitrogens with zero attached hydrogens (tertiary/aromatic N) is 2. The number of hydrogen-bond donors (Lipinski definition) is 0. The summed E-state index contributed by atoms with van der Waals surface area (Å²) in [5.41, 5.74) is 2.25. The van der Waals surface area contributed by atoms with Crippen molar-refractivity contribution in [2.24, 2.45) is 0 Å². The van der Waals surface area contributed by atoms with Crippen molar-refractivity contribution in [1.29, 1.82) is 0 Å². The topological polar surface area (TPSA) is 24.9 Å². The molecule has 0 bridgehead atoms. The van der Waals surface area contributed by atoms with Gasteiger partial charge >= 0.3 is 0 Å². The predicted octanol–water partition coefficient (Wildman–Crippen LogP) is 2.54. The van der Waals surface area contributed by atoms with Crippen LogP contribution in [-0.4, -0.2) is 40.8 Å². The minimum Gasteiger partial charge on any atom is -0.362 e. The van der Waals surface area contributed by atoms with Crippen LogP contribution in [0.5, 0.6) is 0 Å². The van der Waals surface area contributed by atoms with E-state index in [1.54, 1.807) is 14.2 Å². The number of hydrogen-bond acceptors (Lipinski definition) is 4. The van der Waals surface area contributed by atoms with Crippen LogP contribution in [0.4, 0.5) is 11.4 Å². The molecule has 2 atom stereocenters. The Hall–Kier alpha value is -1.26. The van der Waals surface area contributed by atoms with Crippen molar-refractivity contribution in [3.05, 3.63) is 24.3 Å². The molecule has 4 nitrogen and oxygen atoms in total. The molecule has 1 aromatic carbocycles. The van der Waals surface area contributed by atoms with E-state index in [0.717, 1.165) is 11.4 Å². The first-order valence-corrected chi connectivity index (χ1v) is 6.13. The van der Waals surface area contributed by atoms with Crippen molar-refractivity contribution < 1.29 is 9.47 Å². The summed E-state index contributed by atoms with van der Waals surface area (Å²) < 4.78 is 10.7. The van der Waals surface area contributed by atoms with Gasteiger partial charge < -0.3 is 19.3 Å². The first-order chi connectivity index (χ1) is 8.52. The van der Waals surface area contributed by atoms with Crippen LogP contribution in [0, 0.1) is 0 Å². The second-order valence-electron chi connectivity index (χ2n) is 4.38. The van der Waals surface area contributed by atoms with Crippen LogP contribution < -0.4 is 9.80 Å². The standard InChI is InChI=1S/C14H24N2O2/c1-11(17-5)15(3)13-9-7-8-10-14(13)16(4)12(2)18-6/h7-12H,1-6H3. The van der Waals surface area contributed by atoms with E-state index in [4.69, 9.17) is 9.47 Å². The van der Waals surface area contributed by atoms with E-state index in [2.05, 4.69) is 21.9 Å². The third-order valence-corrected chi connectivity index (χ3v) is 3.41. The number of anilines is 2. The van der Waals surface area contributed by atoms with Crippen LogP contribution in [0.3, 0.4) is 0 Å². The molecule has 0 aromatic heterocycles. The maximum absolute atomic E-state index is 5.36. The van der Waals surface area contributed by atoms with Gasteiger partial charge in [0.1, 0.15) is 12.5 Å². The zero-order valence-corrected chi connectivity index (χ0v) is 12.2. The smallest absolute Gasteiger partial charge is 0.126 e. The number of benzene rings is 1. The number of ether oxygens (including phenoxy) is 2. The average Bonchev–Trinajstić information content (AvgIpc) is 2.43. The Morgan fingerprint density at radius 1 is 0.833 bits per heavy atom. The normalized spacial score (nSPS) is 14.1. The SMILES string of the molecule is COC(C)N(C)c1ccccc1N(C)C(C)OC. The van der Waals surface area contributed by atoms with Crippen LogP contribution in [-0.2, 0) is 9.47 Å². The summed E-state index contributed by atoms with van der Waals surface area (Å²) in [6.45, 7) is 4.05.